The number of nitrogens with two attached hydrogens (primary N) is 1. The van der Waals surface area contributed by atoms with Gasteiger partial charge in [-0.2, -0.15) is 0 Å². The van der Waals surface area contributed by atoms with Crippen LogP contribution in [-0.2, 0) is 17.8 Å². The topological polar surface area (TPSA) is 57.2 Å². The molecule has 1 aromatic rings. The van der Waals surface area contributed by atoms with Gasteiger partial charge in [0, 0.05) is 31.0 Å². The average molecular weight is 236 g/mol. The van der Waals surface area contributed by atoms with E-state index in [-0.39, 0.29) is 5.56 Å². The highest BCUT2D eigenvalue weighted by molar-refractivity contribution is 5.15. The van der Waals surface area contributed by atoms with E-state index in [2.05, 4.69) is 0 Å². The molecule has 4 heteroatoms. The van der Waals surface area contributed by atoms with Crippen molar-refractivity contribution in [2.45, 2.75) is 45.4 Å². The summed E-state index contributed by atoms with van der Waals surface area (Å²) in [6, 6.07) is 3.78. The smallest absolute Gasteiger partial charge is 0.255 e. The first kappa shape index (κ1) is 12.3. The van der Waals surface area contributed by atoms with Crippen LogP contribution in [0.15, 0.2) is 16.9 Å². The highest BCUT2D eigenvalue weighted by Gasteiger charge is 2.16. The Balaban J connectivity index is 2.11. The lowest BCUT2D eigenvalue weighted by atomic mass is 10.1. The summed E-state index contributed by atoms with van der Waals surface area (Å²) in [4.78, 5) is 12.1. The van der Waals surface area contributed by atoms with E-state index in [0.29, 0.717) is 18.2 Å². The van der Waals surface area contributed by atoms with Gasteiger partial charge < -0.3 is 15.0 Å². The number of hydrogen-bond donors (Lipinski definition) is 1. The number of nitrogens with zero attached hydrogens (tertiary/aromatic N) is 1. The summed E-state index contributed by atoms with van der Waals surface area (Å²) in [5.41, 5.74) is 7.27. The number of aromatic nitrogens is 1. The van der Waals surface area contributed by atoms with Gasteiger partial charge in [-0.25, -0.2) is 0 Å². The van der Waals surface area contributed by atoms with Crippen LogP contribution in [0.5, 0.6) is 0 Å². The van der Waals surface area contributed by atoms with Crippen LogP contribution in [0, 0.1) is 6.92 Å². The minimum atomic E-state index is 0.0468. The summed E-state index contributed by atoms with van der Waals surface area (Å²) in [5, 5.41) is 0. The number of pyridine rings is 1. The summed E-state index contributed by atoms with van der Waals surface area (Å²) in [6.45, 7) is 3.85. The molecule has 0 aliphatic carbocycles. The molecule has 2 N–H and O–H groups in total. The highest BCUT2D eigenvalue weighted by Crippen LogP contribution is 2.16. The van der Waals surface area contributed by atoms with Gasteiger partial charge in [0.1, 0.15) is 0 Å². The maximum absolute atomic E-state index is 12.1. The average Bonchev–Trinajstić information content (AvgIpc) is 2.82. The second-order valence-corrected chi connectivity index (χ2v) is 4.58. The minimum Gasteiger partial charge on any atom is -0.378 e. The van der Waals surface area contributed by atoms with E-state index in [1.807, 2.05) is 23.6 Å². The van der Waals surface area contributed by atoms with Gasteiger partial charge in [-0.05, 0) is 32.3 Å². The first-order chi connectivity index (χ1) is 8.22. The van der Waals surface area contributed by atoms with Gasteiger partial charge in [0.05, 0.1) is 6.10 Å². The van der Waals surface area contributed by atoms with E-state index in [9.17, 15) is 4.79 Å². The molecule has 4 nitrogen and oxygen atoms in total. The Morgan fingerprint density at radius 2 is 2.35 bits per heavy atom. The van der Waals surface area contributed by atoms with Crippen molar-refractivity contribution >= 4 is 0 Å². The Morgan fingerprint density at radius 1 is 1.53 bits per heavy atom. The van der Waals surface area contributed by atoms with Crippen LogP contribution >= 0.6 is 0 Å². The molecule has 1 atom stereocenters. The standard InChI is InChI=1S/C13H20N2O2/c1-10-4-5-11(9-14)13(16)15(10)7-6-12-3-2-8-17-12/h4-5,12H,2-3,6-9,14H2,1H3. The predicted octanol–water partition coefficient (Wildman–Crippen LogP) is 1.18. The molecule has 0 amide bonds. The molecule has 1 aliphatic heterocycles. The van der Waals surface area contributed by atoms with E-state index < -0.39 is 0 Å². The second kappa shape index (κ2) is 5.47. The Kier molecular flexibility index (Phi) is 3.97. The molecule has 1 saturated heterocycles. The van der Waals surface area contributed by atoms with E-state index in [4.69, 9.17) is 10.5 Å². The molecule has 0 radical (unpaired) electrons. The first-order valence-electron chi connectivity index (χ1n) is 6.23. The Morgan fingerprint density at radius 3 is 3.00 bits per heavy atom. The third-order valence-electron chi connectivity index (χ3n) is 3.39. The second-order valence-electron chi connectivity index (χ2n) is 4.58. The van der Waals surface area contributed by atoms with Crippen LogP contribution < -0.4 is 11.3 Å². The molecule has 2 rings (SSSR count). The van der Waals surface area contributed by atoms with Crippen molar-refractivity contribution in [2.24, 2.45) is 5.73 Å². The third kappa shape index (κ3) is 2.76. The van der Waals surface area contributed by atoms with Crippen LogP contribution in [0.2, 0.25) is 0 Å². The van der Waals surface area contributed by atoms with Crippen molar-refractivity contribution in [3.63, 3.8) is 0 Å². The lowest BCUT2D eigenvalue weighted by Gasteiger charge is -2.14. The molecule has 0 saturated carbocycles. The van der Waals surface area contributed by atoms with Crippen molar-refractivity contribution in [1.29, 1.82) is 0 Å². The fourth-order valence-electron chi connectivity index (χ4n) is 2.29. The molecule has 1 aromatic heterocycles. The summed E-state index contributed by atoms with van der Waals surface area (Å²) in [5.74, 6) is 0. The lowest BCUT2D eigenvalue weighted by Crippen LogP contribution is -2.28. The lowest BCUT2D eigenvalue weighted by molar-refractivity contribution is 0.0999. The van der Waals surface area contributed by atoms with Crippen molar-refractivity contribution in [3.05, 3.63) is 33.7 Å². The SMILES string of the molecule is Cc1ccc(CN)c(=O)n1CCC1CCCO1. The third-order valence-corrected chi connectivity index (χ3v) is 3.39. The Hall–Kier alpha value is -1.13. The van der Waals surface area contributed by atoms with Gasteiger partial charge in [0.25, 0.3) is 5.56 Å². The van der Waals surface area contributed by atoms with E-state index in [1.54, 1.807) is 0 Å². The Labute approximate surface area is 101 Å². The maximum atomic E-state index is 12.1. The number of hydrogen-bond acceptors (Lipinski definition) is 3. The number of rotatable bonds is 4. The molecule has 0 bridgehead atoms. The molecular formula is C13H20N2O2. The molecule has 1 fully saturated rings. The normalized spacial score (nSPS) is 19.8. The predicted molar refractivity (Wildman–Crippen MR) is 66.9 cm³/mol. The molecule has 2 heterocycles. The monoisotopic (exact) mass is 236 g/mol. The fourth-order valence-corrected chi connectivity index (χ4v) is 2.29. The molecule has 17 heavy (non-hydrogen) atoms. The Bertz CT molecular complexity index is 434. The van der Waals surface area contributed by atoms with Crippen molar-refractivity contribution in [2.75, 3.05) is 6.61 Å². The summed E-state index contributed by atoms with van der Waals surface area (Å²) in [7, 11) is 0. The van der Waals surface area contributed by atoms with Crippen LogP contribution in [0.4, 0.5) is 0 Å². The summed E-state index contributed by atoms with van der Waals surface area (Å²) >= 11 is 0. The van der Waals surface area contributed by atoms with Gasteiger partial charge in [0.15, 0.2) is 0 Å². The van der Waals surface area contributed by atoms with Crippen molar-refractivity contribution in [3.8, 4) is 0 Å². The van der Waals surface area contributed by atoms with Gasteiger partial charge in [-0.3, -0.25) is 4.79 Å². The minimum absolute atomic E-state index is 0.0468. The highest BCUT2D eigenvalue weighted by atomic mass is 16.5. The van der Waals surface area contributed by atoms with Crippen LogP contribution in [-0.4, -0.2) is 17.3 Å². The van der Waals surface area contributed by atoms with Gasteiger partial charge in [-0.1, -0.05) is 6.07 Å². The van der Waals surface area contributed by atoms with Gasteiger partial charge in [0.2, 0.25) is 0 Å². The van der Waals surface area contributed by atoms with Gasteiger partial charge >= 0.3 is 0 Å². The van der Waals surface area contributed by atoms with E-state index in [1.165, 1.54) is 0 Å². The summed E-state index contributed by atoms with van der Waals surface area (Å²) in [6.07, 6.45) is 3.49. The van der Waals surface area contributed by atoms with Crippen LogP contribution in [0.25, 0.3) is 0 Å². The molecule has 0 spiro atoms. The molecule has 0 aromatic carbocycles. The van der Waals surface area contributed by atoms with E-state index >= 15 is 0 Å². The van der Waals surface area contributed by atoms with Crippen LogP contribution in [0.1, 0.15) is 30.5 Å². The zero-order chi connectivity index (χ0) is 12.3. The molecular weight excluding hydrogens is 216 g/mol. The zero-order valence-electron chi connectivity index (χ0n) is 10.3. The number of aryl methyl sites for hydroxylation is 1. The van der Waals surface area contributed by atoms with E-state index in [0.717, 1.165) is 38.1 Å². The van der Waals surface area contributed by atoms with Crippen molar-refractivity contribution < 1.29 is 4.74 Å². The van der Waals surface area contributed by atoms with Crippen LogP contribution in [0.3, 0.4) is 0 Å². The summed E-state index contributed by atoms with van der Waals surface area (Å²) < 4.78 is 7.38. The quantitative estimate of drug-likeness (QED) is 0.854. The zero-order valence-corrected chi connectivity index (χ0v) is 10.3. The number of ether oxygens (including phenoxy) is 1. The maximum Gasteiger partial charge on any atom is 0.255 e. The molecule has 1 aliphatic rings. The molecule has 1 unspecified atom stereocenters. The van der Waals surface area contributed by atoms with Crippen molar-refractivity contribution in [1.82, 2.24) is 4.57 Å². The fraction of sp³-hybridized carbons (Fsp3) is 0.615. The van der Waals surface area contributed by atoms with Gasteiger partial charge in [-0.15, -0.1) is 0 Å². The largest absolute Gasteiger partial charge is 0.378 e. The first-order valence-corrected chi connectivity index (χ1v) is 6.23. The molecule has 94 valence electrons.